The van der Waals surface area contributed by atoms with Crippen molar-refractivity contribution in [2.24, 2.45) is 5.16 Å². The van der Waals surface area contributed by atoms with Gasteiger partial charge in [-0.3, -0.25) is 9.35 Å². The molecule has 0 aliphatic carbocycles. The van der Waals surface area contributed by atoms with Crippen LogP contribution in [-0.4, -0.2) is 122 Å². The van der Waals surface area contributed by atoms with Gasteiger partial charge in [-0.25, -0.2) is 4.28 Å². The van der Waals surface area contributed by atoms with Crippen LogP contribution in [0.1, 0.15) is 19.4 Å². The molecule has 1 aromatic carbocycles. The van der Waals surface area contributed by atoms with E-state index in [1.807, 2.05) is 0 Å². The molecule has 0 saturated carbocycles. The Bertz CT molecular complexity index is 1130. The fourth-order valence-electron chi connectivity index (χ4n) is 3.93. The molecule has 2 fully saturated rings. The number of aliphatic hydroxyl groups excluding tert-OH is 6. The van der Waals surface area contributed by atoms with Gasteiger partial charge in [0.15, 0.2) is 6.10 Å². The van der Waals surface area contributed by atoms with Gasteiger partial charge in [0.25, 0.3) is 0 Å². The molecule has 0 aromatic heterocycles. The Kier molecular flexibility index (Phi) is 11.1. The largest absolute Gasteiger partial charge is 0.466 e. The van der Waals surface area contributed by atoms with Crippen molar-refractivity contribution in [1.82, 2.24) is 0 Å². The Balaban J connectivity index is 1.70. The van der Waals surface area contributed by atoms with Gasteiger partial charge in [-0.15, -0.1) is 0 Å². The molecular formula is C22H31NO15S2. The summed E-state index contributed by atoms with van der Waals surface area (Å²) in [5, 5.41) is 63.6. The van der Waals surface area contributed by atoms with Crippen LogP contribution in [0.4, 0.5) is 0 Å². The Hall–Kier alpha value is -2.10. The minimum absolute atomic E-state index is 0.141. The summed E-state index contributed by atoms with van der Waals surface area (Å²) in [5.41, 5.74) is -0.827. The zero-order valence-corrected chi connectivity index (χ0v) is 22.8. The summed E-state index contributed by atoms with van der Waals surface area (Å²) >= 11 is 0.619. The van der Waals surface area contributed by atoms with Gasteiger partial charge in [-0.1, -0.05) is 29.1 Å². The highest BCUT2D eigenvalue weighted by molar-refractivity contribution is 8.14. The average molecular weight is 614 g/mol. The SMILES string of the molecule is CC(=O)O[C@@H]1[C@H](O)[C@H](O)[C@H](Oc2ccc(C/C(=N/OS(=O)(=O)O)S[C@H]3O[C@@H](CO)[C@@H](O)[C@@H](O)[C@H]3O)cc2)O[C@H]1C. The van der Waals surface area contributed by atoms with Gasteiger partial charge in [0.1, 0.15) is 52.9 Å². The second kappa shape index (κ2) is 13.7. The Labute approximate surface area is 233 Å². The first-order valence-corrected chi connectivity index (χ1v) is 14.1. The van der Waals surface area contributed by atoms with Crippen molar-refractivity contribution in [3.05, 3.63) is 29.8 Å². The highest BCUT2D eigenvalue weighted by atomic mass is 32.3. The lowest BCUT2D eigenvalue weighted by atomic mass is 9.99. The molecule has 0 spiro atoms. The number of benzene rings is 1. The number of nitrogens with zero attached hydrogens (tertiary/aromatic N) is 1. The molecule has 2 saturated heterocycles. The molecule has 0 amide bonds. The molecule has 0 unspecified atom stereocenters. The van der Waals surface area contributed by atoms with Gasteiger partial charge in [-0.2, -0.15) is 8.42 Å². The first-order valence-electron chi connectivity index (χ1n) is 11.8. The molecular weight excluding hydrogens is 582 g/mol. The van der Waals surface area contributed by atoms with Crippen LogP contribution >= 0.6 is 11.8 Å². The van der Waals surface area contributed by atoms with Gasteiger partial charge in [0.2, 0.25) is 6.29 Å². The smallest absolute Gasteiger partial charge is 0.462 e. The van der Waals surface area contributed by atoms with E-state index in [0.29, 0.717) is 17.3 Å². The van der Waals surface area contributed by atoms with Crippen molar-refractivity contribution in [3.63, 3.8) is 0 Å². The number of carbonyl (C=O) groups is 1. The molecule has 0 radical (unpaired) electrons. The summed E-state index contributed by atoms with van der Waals surface area (Å²) in [6.45, 7) is 2.01. The maximum Gasteiger partial charge on any atom is 0.466 e. The van der Waals surface area contributed by atoms with Gasteiger partial charge < -0.3 is 49.6 Å². The maximum absolute atomic E-state index is 11.3. The van der Waals surface area contributed by atoms with Crippen molar-refractivity contribution in [2.75, 3.05) is 6.61 Å². The fourth-order valence-corrected chi connectivity index (χ4v) is 5.26. The molecule has 18 heteroatoms. The van der Waals surface area contributed by atoms with E-state index in [1.54, 1.807) is 0 Å². The third-order valence-electron chi connectivity index (χ3n) is 5.94. The van der Waals surface area contributed by atoms with E-state index in [1.165, 1.54) is 31.2 Å². The number of hydrogen-bond acceptors (Lipinski definition) is 16. The second-order valence-corrected chi connectivity index (χ2v) is 11.2. The molecule has 16 nitrogen and oxygen atoms in total. The van der Waals surface area contributed by atoms with Crippen LogP contribution in [0.25, 0.3) is 0 Å². The molecule has 3 rings (SSSR count). The lowest BCUT2D eigenvalue weighted by Crippen LogP contribution is -2.59. The number of rotatable bonds is 9. The Morgan fingerprint density at radius 3 is 2.23 bits per heavy atom. The minimum atomic E-state index is -4.99. The molecule has 0 bridgehead atoms. The monoisotopic (exact) mass is 613 g/mol. The predicted molar refractivity (Wildman–Crippen MR) is 134 cm³/mol. The summed E-state index contributed by atoms with van der Waals surface area (Å²) in [6.07, 6.45) is -12.5. The average Bonchev–Trinajstić information content (AvgIpc) is 2.89. The number of esters is 1. The number of ether oxygens (including phenoxy) is 4. The third-order valence-corrected chi connectivity index (χ3v) is 7.32. The molecule has 7 N–H and O–H groups in total. The summed E-state index contributed by atoms with van der Waals surface area (Å²) in [7, 11) is -4.99. The van der Waals surface area contributed by atoms with Crippen LogP contribution in [0.15, 0.2) is 29.4 Å². The van der Waals surface area contributed by atoms with E-state index >= 15 is 0 Å². The summed E-state index contributed by atoms with van der Waals surface area (Å²) in [6, 6.07) is 5.95. The van der Waals surface area contributed by atoms with Crippen LogP contribution in [0, 0.1) is 0 Å². The fraction of sp³-hybridized carbons (Fsp3) is 0.636. The second-order valence-electron chi connectivity index (χ2n) is 9.01. The predicted octanol–water partition coefficient (Wildman–Crippen LogP) is -2.33. The van der Waals surface area contributed by atoms with E-state index in [0.717, 1.165) is 6.92 Å². The van der Waals surface area contributed by atoms with Crippen molar-refractivity contribution in [1.29, 1.82) is 0 Å². The van der Waals surface area contributed by atoms with Crippen LogP contribution in [0.2, 0.25) is 0 Å². The molecule has 2 aliphatic heterocycles. The van der Waals surface area contributed by atoms with Crippen LogP contribution in [0.5, 0.6) is 5.75 Å². The van der Waals surface area contributed by atoms with Gasteiger partial charge in [-0.05, 0) is 24.6 Å². The minimum Gasteiger partial charge on any atom is -0.462 e. The zero-order valence-electron chi connectivity index (χ0n) is 21.2. The van der Waals surface area contributed by atoms with E-state index in [-0.39, 0.29) is 17.2 Å². The number of carbonyl (C=O) groups excluding carboxylic acids is 1. The number of thioether (sulfide) groups is 1. The Morgan fingerprint density at radius 2 is 1.65 bits per heavy atom. The molecule has 10 atom stereocenters. The van der Waals surface area contributed by atoms with Crippen molar-refractivity contribution >= 4 is 33.2 Å². The standard InChI is InChI=1S/C22H31NO15S2/c1-9-20(35-10(2)25)17(28)18(29)21(34-9)36-12-5-3-11(4-6-12)7-14(23-38-40(31,32)33)39-22-19(30)16(27)15(26)13(8-24)37-22/h3-6,9,13,15-22,24,26-30H,7-8H2,1-2H3,(H,31,32,33)/b23-14-/t9-,13-,15+,16+,17+,18-,19+,20-,21-,22+/m0/s1. The van der Waals surface area contributed by atoms with Gasteiger partial charge >= 0.3 is 16.4 Å². The van der Waals surface area contributed by atoms with Crippen LogP contribution in [0.3, 0.4) is 0 Å². The Morgan fingerprint density at radius 1 is 1.00 bits per heavy atom. The lowest BCUT2D eigenvalue weighted by molar-refractivity contribution is -0.272. The summed E-state index contributed by atoms with van der Waals surface area (Å²) < 4.78 is 56.7. The van der Waals surface area contributed by atoms with Crippen molar-refractivity contribution in [3.8, 4) is 5.75 Å². The topological polar surface area (TPSA) is 251 Å². The molecule has 2 aliphatic rings. The zero-order chi connectivity index (χ0) is 29.8. The first-order chi connectivity index (χ1) is 18.7. The summed E-state index contributed by atoms with van der Waals surface area (Å²) in [4.78, 5) is 11.3. The van der Waals surface area contributed by atoms with Gasteiger partial charge in [0, 0.05) is 13.3 Å². The third kappa shape index (κ3) is 8.46. The normalized spacial score (nSPS) is 35.2. The number of aliphatic hydroxyl groups is 6. The van der Waals surface area contributed by atoms with Crippen molar-refractivity contribution < 1.29 is 71.6 Å². The lowest BCUT2D eigenvalue weighted by Gasteiger charge is -2.40. The maximum atomic E-state index is 11.3. The molecule has 226 valence electrons. The van der Waals surface area contributed by atoms with Crippen LogP contribution in [-0.2, 0) is 40.1 Å². The van der Waals surface area contributed by atoms with E-state index in [2.05, 4.69) is 9.44 Å². The van der Waals surface area contributed by atoms with E-state index in [9.17, 15) is 43.9 Å². The van der Waals surface area contributed by atoms with Gasteiger partial charge in [0.05, 0.1) is 12.7 Å². The van der Waals surface area contributed by atoms with Crippen molar-refractivity contribution in [2.45, 2.75) is 80.8 Å². The highest BCUT2D eigenvalue weighted by Gasteiger charge is 2.46. The highest BCUT2D eigenvalue weighted by Crippen LogP contribution is 2.31. The molecule has 2 heterocycles. The molecule has 1 aromatic rings. The molecule has 40 heavy (non-hydrogen) atoms. The number of hydrogen-bond donors (Lipinski definition) is 7. The first kappa shape index (κ1) is 32.4. The number of oxime groups is 1. The van der Waals surface area contributed by atoms with E-state index in [4.69, 9.17) is 23.5 Å². The quantitative estimate of drug-likeness (QED) is 0.0507. The summed E-state index contributed by atoms with van der Waals surface area (Å²) in [5.74, 6) is -0.455. The van der Waals surface area contributed by atoms with E-state index < -0.39 is 83.5 Å². The van der Waals surface area contributed by atoms with Crippen LogP contribution < -0.4 is 4.74 Å².